The number of aromatic nitrogens is 4. The van der Waals surface area contributed by atoms with E-state index in [-0.39, 0.29) is 0 Å². The van der Waals surface area contributed by atoms with Crippen LogP contribution in [-0.4, -0.2) is 19.7 Å². The molecule has 2 aromatic heterocycles. The number of benzene rings is 2. The van der Waals surface area contributed by atoms with Crippen molar-refractivity contribution in [3.8, 4) is 22.5 Å². The molecule has 2 heterocycles. The lowest BCUT2D eigenvalue weighted by Crippen LogP contribution is -2.08. The zero-order valence-corrected chi connectivity index (χ0v) is 18.0. The summed E-state index contributed by atoms with van der Waals surface area (Å²) >= 11 is 6.40. The van der Waals surface area contributed by atoms with Crippen molar-refractivity contribution < 1.29 is 0 Å². The minimum atomic E-state index is 0.534. The van der Waals surface area contributed by atoms with Gasteiger partial charge in [-0.05, 0) is 55.5 Å². The molecule has 0 aliphatic heterocycles. The standard InChI is InChI=1S/C24H22ClN5/c1-14-8-10-19(18(25)12-14)27-24-26-13-16-9-11-20-21(22(16)28-24)23(30(3)29-20)17-7-5-4-6-15(17)2/h4-8,10,12-13H,9,11H2,1-3H3,(H,26,27,28). The van der Waals surface area contributed by atoms with Crippen molar-refractivity contribution >= 4 is 23.2 Å². The molecule has 2 aromatic carbocycles. The van der Waals surface area contributed by atoms with Crippen LogP contribution >= 0.6 is 11.6 Å². The van der Waals surface area contributed by atoms with E-state index >= 15 is 0 Å². The lowest BCUT2D eigenvalue weighted by Gasteiger charge is -2.18. The first-order valence-corrected chi connectivity index (χ1v) is 10.4. The summed E-state index contributed by atoms with van der Waals surface area (Å²) in [4.78, 5) is 9.45. The van der Waals surface area contributed by atoms with E-state index in [0.717, 1.165) is 52.3 Å². The first kappa shape index (κ1) is 18.8. The highest BCUT2D eigenvalue weighted by atomic mass is 35.5. The molecular weight excluding hydrogens is 394 g/mol. The minimum absolute atomic E-state index is 0.534. The summed E-state index contributed by atoms with van der Waals surface area (Å²) in [5.74, 6) is 0.534. The second-order valence-corrected chi connectivity index (χ2v) is 8.19. The van der Waals surface area contributed by atoms with E-state index < -0.39 is 0 Å². The van der Waals surface area contributed by atoms with Crippen molar-refractivity contribution in [3.63, 3.8) is 0 Å². The molecule has 150 valence electrons. The number of halogens is 1. The summed E-state index contributed by atoms with van der Waals surface area (Å²) in [6.45, 7) is 4.15. The molecule has 5 nitrogen and oxygen atoms in total. The molecule has 0 radical (unpaired) electrons. The Hall–Kier alpha value is -3.18. The van der Waals surface area contributed by atoms with Gasteiger partial charge in [0.2, 0.25) is 5.95 Å². The Morgan fingerprint density at radius 1 is 1.07 bits per heavy atom. The van der Waals surface area contributed by atoms with Crippen molar-refractivity contribution in [2.75, 3.05) is 5.32 Å². The van der Waals surface area contributed by atoms with E-state index in [4.69, 9.17) is 21.7 Å². The molecule has 0 atom stereocenters. The molecule has 0 saturated carbocycles. The number of nitrogens with one attached hydrogen (secondary N) is 1. The van der Waals surface area contributed by atoms with E-state index in [1.807, 2.05) is 43.0 Å². The fourth-order valence-corrected chi connectivity index (χ4v) is 4.39. The lowest BCUT2D eigenvalue weighted by molar-refractivity contribution is 0.741. The van der Waals surface area contributed by atoms with E-state index in [9.17, 15) is 0 Å². The Kier molecular flexibility index (Phi) is 4.55. The van der Waals surface area contributed by atoms with Crippen LogP contribution in [0, 0.1) is 13.8 Å². The summed E-state index contributed by atoms with van der Waals surface area (Å²) in [7, 11) is 2.01. The van der Waals surface area contributed by atoms with E-state index in [1.165, 1.54) is 11.1 Å². The smallest absolute Gasteiger partial charge is 0.227 e. The normalized spacial score (nSPS) is 12.4. The monoisotopic (exact) mass is 415 g/mol. The Balaban J connectivity index is 1.63. The molecule has 0 spiro atoms. The lowest BCUT2D eigenvalue weighted by atomic mass is 9.90. The Morgan fingerprint density at radius 2 is 1.90 bits per heavy atom. The molecule has 0 fully saturated rings. The van der Waals surface area contributed by atoms with Crippen LogP contribution in [0.1, 0.15) is 22.4 Å². The molecule has 5 rings (SSSR count). The third-order valence-corrected chi connectivity index (χ3v) is 5.94. The van der Waals surface area contributed by atoms with Gasteiger partial charge in [0.15, 0.2) is 0 Å². The van der Waals surface area contributed by atoms with Crippen molar-refractivity contribution in [3.05, 3.63) is 76.1 Å². The molecule has 0 saturated heterocycles. The van der Waals surface area contributed by atoms with Gasteiger partial charge in [0, 0.05) is 24.4 Å². The number of anilines is 2. The second-order valence-electron chi connectivity index (χ2n) is 7.78. The number of hydrogen-bond donors (Lipinski definition) is 1. The maximum absolute atomic E-state index is 6.40. The van der Waals surface area contributed by atoms with Gasteiger partial charge >= 0.3 is 0 Å². The SMILES string of the molecule is Cc1ccc(Nc2ncc3c(n2)-c2c(nn(C)c2-c2ccccc2C)CC3)c(Cl)c1. The van der Waals surface area contributed by atoms with Crippen LogP contribution in [0.2, 0.25) is 5.02 Å². The van der Waals surface area contributed by atoms with Crippen LogP contribution in [-0.2, 0) is 19.9 Å². The fraction of sp³-hybridized carbons (Fsp3) is 0.208. The molecule has 1 aliphatic carbocycles. The van der Waals surface area contributed by atoms with Crippen molar-refractivity contribution in [1.29, 1.82) is 0 Å². The van der Waals surface area contributed by atoms with Crippen LogP contribution < -0.4 is 5.32 Å². The predicted octanol–water partition coefficient (Wildman–Crippen LogP) is 5.66. The van der Waals surface area contributed by atoms with Gasteiger partial charge in [-0.3, -0.25) is 4.68 Å². The molecule has 4 aromatic rings. The number of fused-ring (bicyclic) bond motifs is 3. The average Bonchev–Trinajstić information content (AvgIpc) is 3.07. The van der Waals surface area contributed by atoms with Gasteiger partial charge in [-0.1, -0.05) is 41.9 Å². The van der Waals surface area contributed by atoms with Crippen molar-refractivity contribution in [1.82, 2.24) is 19.7 Å². The predicted molar refractivity (Wildman–Crippen MR) is 121 cm³/mol. The summed E-state index contributed by atoms with van der Waals surface area (Å²) < 4.78 is 1.98. The van der Waals surface area contributed by atoms with Gasteiger partial charge in [-0.25, -0.2) is 9.97 Å². The maximum atomic E-state index is 6.40. The topological polar surface area (TPSA) is 55.6 Å². The maximum Gasteiger partial charge on any atom is 0.227 e. The van der Waals surface area contributed by atoms with Gasteiger partial charge in [0.1, 0.15) is 0 Å². The third kappa shape index (κ3) is 3.15. The molecule has 0 unspecified atom stereocenters. The first-order chi connectivity index (χ1) is 14.5. The molecular formula is C24H22ClN5. The van der Waals surface area contributed by atoms with Gasteiger partial charge in [0.05, 0.1) is 27.8 Å². The van der Waals surface area contributed by atoms with Crippen molar-refractivity contribution in [2.45, 2.75) is 26.7 Å². The first-order valence-electron chi connectivity index (χ1n) is 10.0. The van der Waals surface area contributed by atoms with E-state index in [1.54, 1.807) is 0 Å². The van der Waals surface area contributed by atoms with Crippen LogP contribution in [0.3, 0.4) is 0 Å². The zero-order valence-electron chi connectivity index (χ0n) is 17.2. The number of aryl methyl sites for hydroxylation is 5. The zero-order chi connectivity index (χ0) is 20.8. The highest BCUT2D eigenvalue weighted by Gasteiger charge is 2.27. The van der Waals surface area contributed by atoms with Gasteiger partial charge in [-0.15, -0.1) is 0 Å². The molecule has 1 N–H and O–H groups in total. The Bertz CT molecular complexity index is 1270. The van der Waals surface area contributed by atoms with Gasteiger partial charge < -0.3 is 5.32 Å². The Morgan fingerprint density at radius 3 is 2.70 bits per heavy atom. The van der Waals surface area contributed by atoms with Crippen LogP contribution in [0.4, 0.5) is 11.6 Å². The average molecular weight is 416 g/mol. The number of rotatable bonds is 3. The molecule has 1 aliphatic rings. The van der Waals surface area contributed by atoms with Crippen LogP contribution in [0.15, 0.2) is 48.7 Å². The molecule has 6 heteroatoms. The number of nitrogens with zero attached hydrogens (tertiary/aromatic N) is 4. The summed E-state index contributed by atoms with van der Waals surface area (Å²) in [6.07, 6.45) is 3.70. The quantitative estimate of drug-likeness (QED) is 0.469. The highest BCUT2D eigenvalue weighted by molar-refractivity contribution is 6.33. The minimum Gasteiger partial charge on any atom is -0.323 e. The molecule has 0 bridgehead atoms. The fourth-order valence-electron chi connectivity index (χ4n) is 4.11. The largest absolute Gasteiger partial charge is 0.323 e. The van der Waals surface area contributed by atoms with Gasteiger partial charge in [0.25, 0.3) is 0 Å². The van der Waals surface area contributed by atoms with Crippen LogP contribution in [0.5, 0.6) is 0 Å². The summed E-state index contributed by atoms with van der Waals surface area (Å²) in [6, 6.07) is 14.3. The Labute approximate surface area is 180 Å². The van der Waals surface area contributed by atoms with Gasteiger partial charge in [-0.2, -0.15) is 5.10 Å². The summed E-state index contributed by atoms with van der Waals surface area (Å²) in [5.41, 5.74) is 9.68. The number of hydrogen-bond acceptors (Lipinski definition) is 4. The molecule has 0 amide bonds. The van der Waals surface area contributed by atoms with E-state index in [2.05, 4.69) is 41.5 Å². The third-order valence-electron chi connectivity index (χ3n) is 5.62. The second kappa shape index (κ2) is 7.26. The highest BCUT2D eigenvalue weighted by Crippen LogP contribution is 2.40. The summed E-state index contributed by atoms with van der Waals surface area (Å²) in [5, 5.41) is 8.75. The molecule has 30 heavy (non-hydrogen) atoms. The van der Waals surface area contributed by atoms with Crippen molar-refractivity contribution in [2.24, 2.45) is 7.05 Å². The van der Waals surface area contributed by atoms with E-state index in [0.29, 0.717) is 11.0 Å². The van der Waals surface area contributed by atoms with Crippen LogP contribution in [0.25, 0.3) is 22.5 Å².